The van der Waals surface area contributed by atoms with Crippen molar-refractivity contribution in [3.8, 4) is 0 Å². The number of benzene rings is 1. The van der Waals surface area contributed by atoms with E-state index in [0.717, 1.165) is 11.1 Å². The number of carbonyl (C=O) groups excluding carboxylic acids is 1. The molecule has 0 aliphatic heterocycles. The van der Waals surface area contributed by atoms with E-state index in [0.29, 0.717) is 6.42 Å². The standard InChI is InChI=1S/C11H15NO2/c1-12(2)11(14)7-9-4-3-5-10(6-9)8-13/h3-6,13H,7-8H2,1-2H3. The third-order valence-corrected chi connectivity index (χ3v) is 2.03. The van der Waals surface area contributed by atoms with E-state index in [1.807, 2.05) is 24.3 Å². The highest BCUT2D eigenvalue weighted by atomic mass is 16.3. The molecule has 0 spiro atoms. The van der Waals surface area contributed by atoms with Gasteiger partial charge in [-0.2, -0.15) is 0 Å². The lowest BCUT2D eigenvalue weighted by molar-refractivity contribution is -0.127. The zero-order chi connectivity index (χ0) is 10.6. The summed E-state index contributed by atoms with van der Waals surface area (Å²) < 4.78 is 0. The number of likely N-dealkylation sites (N-methyl/N-ethyl adjacent to an activating group) is 1. The highest BCUT2D eigenvalue weighted by molar-refractivity contribution is 5.78. The molecule has 0 aliphatic carbocycles. The molecule has 1 aromatic rings. The van der Waals surface area contributed by atoms with Crippen LogP contribution < -0.4 is 0 Å². The van der Waals surface area contributed by atoms with Crippen molar-refractivity contribution in [3.63, 3.8) is 0 Å². The summed E-state index contributed by atoms with van der Waals surface area (Å²) >= 11 is 0. The maximum atomic E-state index is 11.4. The second-order valence-electron chi connectivity index (χ2n) is 3.44. The summed E-state index contributed by atoms with van der Waals surface area (Å²) in [6.07, 6.45) is 0.390. The number of rotatable bonds is 3. The minimum absolute atomic E-state index is 0.0179. The molecule has 0 fully saturated rings. The lowest BCUT2D eigenvalue weighted by Crippen LogP contribution is -2.23. The SMILES string of the molecule is CN(C)C(=O)Cc1cccc(CO)c1. The van der Waals surface area contributed by atoms with Crippen molar-refractivity contribution in [3.05, 3.63) is 35.4 Å². The predicted molar refractivity (Wildman–Crippen MR) is 54.8 cm³/mol. The van der Waals surface area contributed by atoms with E-state index >= 15 is 0 Å². The Labute approximate surface area is 84.0 Å². The molecule has 0 bridgehead atoms. The Bertz CT molecular complexity index is 321. The summed E-state index contributed by atoms with van der Waals surface area (Å²) in [5, 5.41) is 8.91. The van der Waals surface area contributed by atoms with Crippen LogP contribution in [0.4, 0.5) is 0 Å². The smallest absolute Gasteiger partial charge is 0.226 e. The van der Waals surface area contributed by atoms with Crippen LogP contribution in [0.1, 0.15) is 11.1 Å². The monoisotopic (exact) mass is 193 g/mol. The summed E-state index contributed by atoms with van der Waals surface area (Å²) in [7, 11) is 3.47. The van der Waals surface area contributed by atoms with E-state index in [2.05, 4.69) is 0 Å². The first-order valence-electron chi connectivity index (χ1n) is 4.52. The van der Waals surface area contributed by atoms with Crippen LogP contribution in [0.15, 0.2) is 24.3 Å². The summed E-state index contributed by atoms with van der Waals surface area (Å²) in [5.41, 5.74) is 1.78. The quantitative estimate of drug-likeness (QED) is 0.771. The number of hydrogen-bond acceptors (Lipinski definition) is 2. The van der Waals surface area contributed by atoms with E-state index in [1.54, 1.807) is 19.0 Å². The number of amides is 1. The Morgan fingerprint density at radius 1 is 1.36 bits per heavy atom. The fourth-order valence-corrected chi connectivity index (χ4v) is 1.17. The molecule has 0 aliphatic rings. The summed E-state index contributed by atoms with van der Waals surface area (Å²) in [6.45, 7) is 0.0179. The van der Waals surface area contributed by atoms with Crippen LogP contribution in [-0.2, 0) is 17.8 Å². The molecule has 0 aromatic heterocycles. The average Bonchev–Trinajstić information content (AvgIpc) is 2.18. The summed E-state index contributed by atoms with van der Waals surface area (Å²) in [4.78, 5) is 12.9. The molecule has 0 unspecified atom stereocenters. The van der Waals surface area contributed by atoms with Gasteiger partial charge in [0.15, 0.2) is 0 Å². The number of hydrogen-bond donors (Lipinski definition) is 1. The zero-order valence-electron chi connectivity index (χ0n) is 8.53. The molecule has 0 heterocycles. The van der Waals surface area contributed by atoms with Gasteiger partial charge in [0.05, 0.1) is 13.0 Å². The van der Waals surface area contributed by atoms with Gasteiger partial charge in [0.2, 0.25) is 5.91 Å². The molecule has 1 N–H and O–H groups in total. The largest absolute Gasteiger partial charge is 0.392 e. The van der Waals surface area contributed by atoms with Crippen LogP contribution in [0, 0.1) is 0 Å². The van der Waals surface area contributed by atoms with Gasteiger partial charge in [-0.25, -0.2) is 0 Å². The van der Waals surface area contributed by atoms with Gasteiger partial charge >= 0.3 is 0 Å². The molecule has 76 valence electrons. The summed E-state index contributed by atoms with van der Waals surface area (Å²) in [5.74, 6) is 0.0695. The second-order valence-corrected chi connectivity index (χ2v) is 3.44. The van der Waals surface area contributed by atoms with Gasteiger partial charge in [0, 0.05) is 14.1 Å². The number of aliphatic hydroxyl groups excluding tert-OH is 1. The Kier molecular flexibility index (Phi) is 3.65. The zero-order valence-corrected chi connectivity index (χ0v) is 8.53. The molecule has 0 radical (unpaired) electrons. The van der Waals surface area contributed by atoms with E-state index in [9.17, 15) is 4.79 Å². The molecule has 0 saturated carbocycles. The first-order chi connectivity index (χ1) is 6.63. The van der Waals surface area contributed by atoms with Crippen molar-refractivity contribution in [2.45, 2.75) is 13.0 Å². The van der Waals surface area contributed by atoms with Gasteiger partial charge < -0.3 is 10.0 Å². The first kappa shape index (κ1) is 10.7. The Morgan fingerprint density at radius 2 is 2.00 bits per heavy atom. The van der Waals surface area contributed by atoms with Crippen molar-refractivity contribution >= 4 is 5.91 Å². The van der Waals surface area contributed by atoms with Crippen molar-refractivity contribution in [2.75, 3.05) is 14.1 Å². The fraction of sp³-hybridized carbons (Fsp3) is 0.364. The maximum Gasteiger partial charge on any atom is 0.226 e. The van der Waals surface area contributed by atoms with E-state index in [1.165, 1.54) is 0 Å². The minimum atomic E-state index is 0.0179. The van der Waals surface area contributed by atoms with Crippen LogP contribution in [0.25, 0.3) is 0 Å². The number of nitrogens with zero attached hydrogens (tertiary/aromatic N) is 1. The molecule has 1 aromatic carbocycles. The minimum Gasteiger partial charge on any atom is -0.392 e. The third kappa shape index (κ3) is 2.85. The fourth-order valence-electron chi connectivity index (χ4n) is 1.17. The van der Waals surface area contributed by atoms with E-state index < -0.39 is 0 Å². The normalized spacial score (nSPS) is 9.93. The molecule has 0 atom stereocenters. The predicted octanol–water partition coefficient (Wildman–Crippen LogP) is 0.810. The highest BCUT2D eigenvalue weighted by Gasteiger charge is 2.05. The molecule has 3 nitrogen and oxygen atoms in total. The van der Waals surface area contributed by atoms with Crippen molar-refractivity contribution in [1.29, 1.82) is 0 Å². The van der Waals surface area contributed by atoms with E-state index in [4.69, 9.17) is 5.11 Å². The molecular weight excluding hydrogens is 178 g/mol. The van der Waals surface area contributed by atoms with Crippen molar-refractivity contribution < 1.29 is 9.90 Å². The first-order valence-corrected chi connectivity index (χ1v) is 4.52. The highest BCUT2D eigenvalue weighted by Crippen LogP contribution is 2.06. The van der Waals surface area contributed by atoms with Crippen LogP contribution in [0.5, 0.6) is 0 Å². The topological polar surface area (TPSA) is 40.5 Å². The lowest BCUT2D eigenvalue weighted by atomic mass is 10.1. The Morgan fingerprint density at radius 3 is 2.57 bits per heavy atom. The van der Waals surface area contributed by atoms with Gasteiger partial charge in [0.25, 0.3) is 0 Å². The van der Waals surface area contributed by atoms with Crippen LogP contribution in [0.2, 0.25) is 0 Å². The van der Waals surface area contributed by atoms with Gasteiger partial charge in [0.1, 0.15) is 0 Å². The average molecular weight is 193 g/mol. The van der Waals surface area contributed by atoms with Gasteiger partial charge in [-0.15, -0.1) is 0 Å². The molecule has 14 heavy (non-hydrogen) atoms. The van der Waals surface area contributed by atoms with Gasteiger partial charge in [-0.05, 0) is 11.1 Å². The molecule has 3 heteroatoms. The van der Waals surface area contributed by atoms with E-state index in [-0.39, 0.29) is 12.5 Å². The lowest BCUT2D eigenvalue weighted by Gasteiger charge is -2.10. The maximum absolute atomic E-state index is 11.4. The Balaban J connectivity index is 2.72. The van der Waals surface area contributed by atoms with Crippen molar-refractivity contribution in [1.82, 2.24) is 4.90 Å². The summed E-state index contributed by atoms with van der Waals surface area (Å²) in [6, 6.07) is 7.43. The number of carbonyl (C=O) groups is 1. The molecule has 1 amide bonds. The molecular formula is C11H15NO2. The van der Waals surface area contributed by atoms with Crippen LogP contribution in [0.3, 0.4) is 0 Å². The Hall–Kier alpha value is -1.35. The van der Waals surface area contributed by atoms with Crippen LogP contribution in [-0.4, -0.2) is 30.0 Å². The number of aliphatic hydroxyl groups is 1. The molecule has 1 rings (SSSR count). The van der Waals surface area contributed by atoms with Crippen molar-refractivity contribution in [2.24, 2.45) is 0 Å². The van der Waals surface area contributed by atoms with Gasteiger partial charge in [-0.3, -0.25) is 4.79 Å². The van der Waals surface area contributed by atoms with Crippen LogP contribution >= 0.6 is 0 Å². The molecule has 0 saturated heterocycles. The second kappa shape index (κ2) is 4.77. The third-order valence-electron chi connectivity index (χ3n) is 2.03. The van der Waals surface area contributed by atoms with Gasteiger partial charge in [-0.1, -0.05) is 24.3 Å².